The molecule has 4 rings (SSSR count). The molecule has 2 amide bonds. The van der Waals surface area contributed by atoms with Crippen LogP contribution in [0.4, 0.5) is 5.69 Å². The largest absolute Gasteiger partial charge is 0.508 e. The van der Waals surface area contributed by atoms with Crippen molar-refractivity contribution < 1.29 is 48.3 Å². The molecule has 3 aromatic carbocycles. The molecule has 1 aliphatic heterocycles. The molecule has 0 bridgehead atoms. The third-order valence-corrected chi connectivity index (χ3v) is 7.46. The Morgan fingerprint density at radius 2 is 1.56 bits per heavy atom. The summed E-state index contributed by atoms with van der Waals surface area (Å²) in [5.41, 5.74) is 1.35. The van der Waals surface area contributed by atoms with Crippen molar-refractivity contribution in [2.75, 3.05) is 39.8 Å². The summed E-state index contributed by atoms with van der Waals surface area (Å²) in [7, 11) is 4.23. The summed E-state index contributed by atoms with van der Waals surface area (Å²) < 4.78 is 21.4. The maximum Gasteiger partial charge on any atom is 0.328 e. The number of piperidine rings is 1. The van der Waals surface area contributed by atoms with Gasteiger partial charge in [-0.15, -0.1) is 0 Å². The molecule has 0 aromatic heterocycles. The molecule has 1 fully saturated rings. The Morgan fingerprint density at radius 3 is 2.18 bits per heavy atom. The second-order valence-electron chi connectivity index (χ2n) is 10.4. The summed E-state index contributed by atoms with van der Waals surface area (Å²) >= 11 is 0. The number of phenolic OH excluding ortho intramolecular Hbond substituents is 2. The molecule has 1 aliphatic rings. The maximum absolute atomic E-state index is 13.3. The first-order chi connectivity index (χ1) is 21.7. The number of anilines is 1. The second kappa shape index (κ2) is 15.0. The lowest BCUT2D eigenvalue weighted by atomic mass is 10.00. The van der Waals surface area contributed by atoms with Gasteiger partial charge in [-0.05, 0) is 86.2 Å². The Morgan fingerprint density at radius 1 is 0.867 bits per heavy atom. The molecule has 0 aliphatic carbocycles. The van der Waals surface area contributed by atoms with Gasteiger partial charge in [0.15, 0.2) is 11.5 Å². The van der Waals surface area contributed by atoms with Gasteiger partial charge in [0.2, 0.25) is 5.75 Å². The summed E-state index contributed by atoms with van der Waals surface area (Å²) in [5.74, 6) is -1.94. The molecule has 1 atom stereocenters. The number of rotatable bonds is 12. The van der Waals surface area contributed by atoms with Crippen LogP contribution in [-0.2, 0) is 20.7 Å². The lowest BCUT2D eigenvalue weighted by molar-refractivity contribution is -0.155. The zero-order chi connectivity index (χ0) is 32.5. The number of ketones is 1. The first-order valence-corrected chi connectivity index (χ1v) is 14.4. The second-order valence-corrected chi connectivity index (χ2v) is 10.4. The first kappa shape index (κ1) is 32.6. The third kappa shape index (κ3) is 7.83. The number of ether oxygens (including phenoxy) is 4. The zero-order valence-corrected chi connectivity index (χ0v) is 25.3. The topological polar surface area (TPSA) is 161 Å². The van der Waals surface area contributed by atoms with Crippen LogP contribution in [0.15, 0.2) is 54.6 Å². The highest BCUT2D eigenvalue weighted by molar-refractivity contribution is 6.43. The molecule has 45 heavy (non-hydrogen) atoms. The average molecular weight is 621 g/mol. The van der Waals surface area contributed by atoms with Crippen molar-refractivity contribution in [3.63, 3.8) is 0 Å². The van der Waals surface area contributed by atoms with E-state index in [9.17, 15) is 29.4 Å². The van der Waals surface area contributed by atoms with E-state index >= 15 is 0 Å². The summed E-state index contributed by atoms with van der Waals surface area (Å²) in [6.45, 7) is 0.260. The number of nitrogens with zero attached hydrogens (tertiary/aromatic N) is 1. The van der Waals surface area contributed by atoms with Gasteiger partial charge < -0.3 is 39.4 Å². The van der Waals surface area contributed by atoms with Gasteiger partial charge in [-0.2, -0.15) is 0 Å². The third-order valence-electron chi connectivity index (χ3n) is 7.46. The van der Waals surface area contributed by atoms with Gasteiger partial charge in [0.1, 0.15) is 17.5 Å². The number of aromatic hydroxyl groups is 2. The summed E-state index contributed by atoms with van der Waals surface area (Å²) in [6, 6.07) is 12.4. The standard InChI is InChI=1S/C33H36N2O10/c1-42-27-18-22(19-28(43-2)30(27)44-3)29(38)32(40)35-15-5-4-8-25(35)33(41)45-16-6-7-20-9-10-21(17-26(20)37)31(39)34-23-11-13-24(36)14-12-23/h9-14,17-19,25,36-37H,4-8,15-16H2,1-3H3,(H,34,39)/t25-/m0/s1. The lowest BCUT2D eigenvalue weighted by Crippen LogP contribution is -2.51. The number of hydrogen-bond acceptors (Lipinski definition) is 10. The van der Waals surface area contributed by atoms with E-state index in [2.05, 4.69) is 5.32 Å². The molecular weight excluding hydrogens is 584 g/mol. The Bertz CT molecular complexity index is 1530. The van der Waals surface area contributed by atoms with Crippen molar-refractivity contribution in [2.45, 2.75) is 38.1 Å². The molecular formula is C33H36N2O10. The average Bonchev–Trinajstić information content (AvgIpc) is 3.06. The highest BCUT2D eigenvalue weighted by atomic mass is 16.5. The molecule has 12 nitrogen and oxygen atoms in total. The zero-order valence-electron chi connectivity index (χ0n) is 25.3. The van der Waals surface area contributed by atoms with Crippen LogP contribution in [0, 0.1) is 0 Å². The summed E-state index contributed by atoms with van der Waals surface area (Å²) in [6.07, 6.45) is 2.44. The Hall–Kier alpha value is -5.26. The normalized spacial score (nSPS) is 14.3. The Balaban J connectivity index is 1.33. The predicted octanol–water partition coefficient (Wildman–Crippen LogP) is 4.12. The number of carbonyl (C=O) groups is 4. The van der Waals surface area contributed by atoms with E-state index in [4.69, 9.17) is 18.9 Å². The van der Waals surface area contributed by atoms with Crippen LogP contribution in [0.2, 0.25) is 0 Å². The molecule has 0 spiro atoms. The molecule has 0 saturated carbocycles. The van der Waals surface area contributed by atoms with Crippen LogP contribution in [0.5, 0.6) is 28.7 Å². The minimum atomic E-state index is -0.906. The molecule has 238 valence electrons. The van der Waals surface area contributed by atoms with E-state index in [0.29, 0.717) is 43.4 Å². The van der Waals surface area contributed by atoms with Crippen molar-refractivity contribution in [1.29, 1.82) is 0 Å². The number of amides is 2. The Kier molecular flexibility index (Phi) is 10.9. The minimum Gasteiger partial charge on any atom is -0.508 e. The van der Waals surface area contributed by atoms with Crippen molar-refractivity contribution >= 4 is 29.3 Å². The molecule has 0 unspecified atom stereocenters. The first-order valence-electron chi connectivity index (χ1n) is 14.4. The molecule has 0 radical (unpaired) electrons. The van der Waals surface area contributed by atoms with E-state index < -0.39 is 29.6 Å². The molecule has 12 heteroatoms. The Labute approximate surface area is 260 Å². The molecule has 1 heterocycles. The van der Waals surface area contributed by atoms with E-state index in [1.807, 2.05) is 0 Å². The van der Waals surface area contributed by atoms with E-state index in [1.54, 1.807) is 24.3 Å². The number of methoxy groups -OCH3 is 3. The van der Waals surface area contributed by atoms with Gasteiger partial charge in [0.25, 0.3) is 17.6 Å². The molecule has 3 N–H and O–H groups in total. The van der Waals surface area contributed by atoms with Crippen LogP contribution in [0.3, 0.4) is 0 Å². The van der Waals surface area contributed by atoms with Crippen molar-refractivity contribution in [3.05, 3.63) is 71.3 Å². The van der Waals surface area contributed by atoms with E-state index in [-0.39, 0.29) is 53.0 Å². The van der Waals surface area contributed by atoms with Gasteiger partial charge in [-0.3, -0.25) is 14.4 Å². The monoisotopic (exact) mass is 620 g/mol. The van der Waals surface area contributed by atoms with Crippen molar-refractivity contribution in [3.8, 4) is 28.7 Å². The highest BCUT2D eigenvalue weighted by Gasteiger charge is 2.37. The molecule has 3 aromatic rings. The number of nitrogens with one attached hydrogen (secondary N) is 1. The van der Waals surface area contributed by atoms with E-state index in [1.165, 1.54) is 56.6 Å². The van der Waals surface area contributed by atoms with Crippen LogP contribution in [0.1, 0.15) is 52.0 Å². The number of Topliss-reactive ketones (excluding diaryl/α,β-unsaturated/α-hetero) is 1. The van der Waals surface area contributed by atoms with Crippen molar-refractivity contribution in [2.24, 2.45) is 0 Å². The quantitative estimate of drug-likeness (QED) is 0.0884. The number of likely N-dealkylation sites (tertiary alicyclic amines) is 1. The van der Waals surface area contributed by atoms with Crippen LogP contribution in [0.25, 0.3) is 0 Å². The SMILES string of the molecule is COc1cc(C(=O)C(=O)N2CCCC[C@H]2C(=O)OCCCc2ccc(C(=O)Nc3ccc(O)cc3)cc2O)cc(OC)c1OC. The van der Waals surface area contributed by atoms with Crippen molar-refractivity contribution in [1.82, 2.24) is 4.90 Å². The predicted molar refractivity (Wildman–Crippen MR) is 163 cm³/mol. The van der Waals surface area contributed by atoms with E-state index in [0.717, 1.165) is 0 Å². The molecule has 1 saturated heterocycles. The van der Waals surface area contributed by atoms with Gasteiger partial charge in [0.05, 0.1) is 27.9 Å². The number of benzene rings is 3. The highest BCUT2D eigenvalue weighted by Crippen LogP contribution is 2.38. The fourth-order valence-electron chi connectivity index (χ4n) is 5.08. The number of esters is 1. The fraction of sp³-hybridized carbons (Fsp3) is 0.333. The number of phenols is 2. The van der Waals surface area contributed by atoms with Crippen LogP contribution >= 0.6 is 0 Å². The number of aryl methyl sites for hydroxylation is 1. The van der Waals surface area contributed by atoms with Gasteiger partial charge in [-0.25, -0.2) is 4.79 Å². The minimum absolute atomic E-state index is 0.0285. The smallest absolute Gasteiger partial charge is 0.328 e. The summed E-state index contributed by atoms with van der Waals surface area (Å²) in [5, 5.41) is 22.5. The number of carbonyl (C=O) groups excluding carboxylic acids is 4. The van der Waals surface area contributed by atoms with Gasteiger partial charge >= 0.3 is 5.97 Å². The van der Waals surface area contributed by atoms with Gasteiger partial charge in [-0.1, -0.05) is 6.07 Å². The fourth-order valence-corrected chi connectivity index (χ4v) is 5.08. The van der Waals surface area contributed by atoms with Gasteiger partial charge in [0, 0.05) is 23.4 Å². The number of hydrogen-bond donors (Lipinski definition) is 3. The van der Waals surface area contributed by atoms with Crippen LogP contribution < -0.4 is 19.5 Å². The summed E-state index contributed by atoms with van der Waals surface area (Å²) in [4.78, 5) is 53.3. The lowest BCUT2D eigenvalue weighted by Gasteiger charge is -2.33. The maximum atomic E-state index is 13.3. The van der Waals surface area contributed by atoms with Crippen LogP contribution in [-0.4, -0.2) is 79.2 Å².